The van der Waals surface area contributed by atoms with Gasteiger partial charge in [-0.3, -0.25) is 0 Å². The number of hydrogen-bond donors (Lipinski definition) is 0. The number of alkyl halides is 6. The summed E-state index contributed by atoms with van der Waals surface area (Å²) in [6, 6.07) is 5.51. The maximum absolute atomic E-state index is 12.8. The zero-order valence-corrected chi connectivity index (χ0v) is 14.8. The monoisotopic (exact) mass is 418 g/mol. The van der Waals surface area contributed by atoms with Gasteiger partial charge in [-0.1, -0.05) is 0 Å². The fraction of sp³-hybridized carbons (Fsp3) is 0.235. The number of ether oxygens (including phenoxy) is 2. The van der Waals surface area contributed by atoms with E-state index >= 15 is 0 Å². The average Bonchev–Trinajstić information content (AvgIpc) is 2.97. The molecule has 0 spiro atoms. The van der Waals surface area contributed by atoms with Gasteiger partial charge in [-0.05, 0) is 31.2 Å². The van der Waals surface area contributed by atoms with Crippen molar-refractivity contribution in [1.29, 1.82) is 0 Å². The summed E-state index contributed by atoms with van der Waals surface area (Å²) in [6.45, 7) is 1.58. The van der Waals surface area contributed by atoms with E-state index < -0.39 is 24.0 Å². The SMILES string of the molecule is Cc1cnc(-c2ccc(OC(F)(F)F)cc2)nc1Oc1cc(C(F)(F)F)nn1C. The van der Waals surface area contributed by atoms with Crippen molar-refractivity contribution in [3.8, 4) is 28.9 Å². The Morgan fingerprint density at radius 2 is 1.66 bits per heavy atom. The highest BCUT2D eigenvalue weighted by atomic mass is 19.4. The fourth-order valence-corrected chi connectivity index (χ4v) is 2.26. The van der Waals surface area contributed by atoms with E-state index in [1.54, 1.807) is 6.92 Å². The lowest BCUT2D eigenvalue weighted by molar-refractivity contribution is -0.274. The number of benzene rings is 1. The van der Waals surface area contributed by atoms with Gasteiger partial charge >= 0.3 is 12.5 Å². The molecule has 0 atom stereocenters. The second-order valence-electron chi connectivity index (χ2n) is 5.85. The number of hydrogen-bond acceptors (Lipinski definition) is 5. The smallest absolute Gasteiger partial charge is 0.421 e. The quantitative estimate of drug-likeness (QED) is 0.565. The van der Waals surface area contributed by atoms with Gasteiger partial charge in [0.05, 0.1) is 0 Å². The van der Waals surface area contributed by atoms with Gasteiger partial charge in [0, 0.05) is 30.4 Å². The van der Waals surface area contributed by atoms with Crippen LogP contribution in [0.2, 0.25) is 0 Å². The van der Waals surface area contributed by atoms with Gasteiger partial charge in [-0.2, -0.15) is 23.3 Å². The van der Waals surface area contributed by atoms with Gasteiger partial charge in [0.25, 0.3) is 0 Å². The van der Waals surface area contributed by atoms with Gasteiger partial charge in [0.1, 0.15) is 5.75 Å². The largest absolute Gasteiger partial charge is 0.573 e. The molecule has 6 nitrogen and oxygen atoms in total. The Morgan fingerprint density at radius 3 is 2.21 bits per heavy atom. The van der Waals surface area contributed by atoms with Crippen LogP contribution in [0.3, 0.4) is 0 Å². The second kappa shape index (κ2) is 7.26. The topological polar surface area (TPSA) is 62.1 Å². The molecule has 0 N–H and O–H groups in total. The summed E-state index contributed by atoms with van der Waals surface area (Å²) in [5.74, 6) is -0.539. The first-order chi connectivity index (χ1) is 13.4. The molecule has 29 heavy (non-hydrogen) atoms. The van der Waals surface area contributed by atoms with E-state index in [9.17, 15) is 26.3 Å². The summed E-state index contributed by atoms with van der Waals surface area (Å²) in [6.07, 6.45) is -8.08. The van der Waals surface area contributed by atoms with Crippen LogP contribution in [0, 0.1) is 6.92 Å². The molecule has 0 radical (unpaired) electrons. The van der Waals surface area contributed by atoms with Crippen LogP contribution in [0.1, 0.15) is 11.3 Å². The van der Waals surface area contributed by atoms with Crippen LogP contribution in [0.25, 0.3) is 11.4 Å². The standard InChI is InChI=1S/C17H12F6N4O2/c1-9-8-24-14(10-3-5-11(6-4-10)29-17(21,22)23)25-15(9)28-13-7-12(16(18,19)20)26-27(13)2/h3-8H,1-2H3. The zero-order valence-electron chi connectivity index (χ0n) is 14.8. The predicted octanol–water partition coefficient (Wildman–Crippen LogP) is 4.90. The molecule has 0 amide bonds. The molecule has 154 valence electrons. The highest BCUT2D eigenvalue weighted by Gasteiger charge is 2.35. The van der Waals surface area contributed by atoms with E-state index in [2.05, 4.69) is 19.8 Å². The molecular weight excluding hydrogens is 406 g/mol. The number of aryl methyl sites for hydroxylation is 2. The summed E-state index contributed by atoms with van der Waals surface area (Å²) in [7, 11) is 1.28. The van der Waals surface area contributed by atoms with Crippen LogP contribution in [-0.2, 0) is 13.2 Å². The normalized spacial score (nSPS) is 12.1. The Balaban J connectivity index is 1.86. The van der Waals surface area contributed by atoms with E-state index in [1.807, 2.05) is 0 Å². The Hall–Kier alpha value is -3.31. The highest BCUT2D eigenvalue weighted by Crippen LogP contribution is 2.33. The Kier molecular flexibility index (Phi) is 5.11. The molecule has 3 aromatic rings. The van der Waals surface area contributed by atoms with E-state index in [-0.39, 0.29) is 17.6 Å². The van der Waals surface area contributed by atoms with E-state index in [1.165, 1.54) is 25.4 Å². The number of aromatic nitrogens is 4. The summed E-state index contributed by atoms with van der Waals surface area (Å²) < 4.78 is 85.2. The van der Waals surface area contributed by atoms with Crippen LogP contribution in [0.15, 0.2) is 36.5 Å². The Morgan fingerprint density at radius 1 is 1.00 bits per heavy atom. The fourth-order valence-electron chi connectivity index (χ4n) is 2.26. The van der Waals surface area contributed by atoms with Crippen molar-refractivity contribution in [1.82, 2.24) is 19.7 Å². The van der Waals surface area contributed by atoms with E-state index in [0.717, 1.165) is 22.9 Å². The third kappa shape index (κ3) is 4.95. The first-order valence-electron chi connectivity index (χ1n) is 7.91. The van der Waals surface area contributed by atoms with E-state index in [0.29, 0.717) is 11.1 Å². The lowest BCUT2D eigenvalue weighted by atomic mass is 10.2. The molecule has 0 aliphatic heterocycles. The third-order valence-corrected chi connectivity index (χ3v) is 3.60. The first-order valence-corrected chi connectivity index (χ1v) is 7.91. The highest BCUT2D eigenvalue weighted by molar-refractivity contribution is 5.57. The lowest BCUT2D eigenvalue weighted by Crippen LogP contribution is -2.16. The molecule has 2 heterocycles. The molecule has 1 aromatic carbocycles. The molecule has 0 saturated heterocycles. The minimum Gasteiger partial charge on any atom is -0.421 e. The van der Waals surface area contributed by atoms with Crippen molar-refractivity contribution >= 4 is 0 Å². The molecule has 12 heteroatoms. The Labute approximate surface area is 159 Å². The summed E-state index contributed by atoms with van der Waals surface area (Å²) in [4.78, 5) is 8.20. The molecule has 0 bridgehead atoms. The van der Waals surface area contributed by atoms with Crippen LogP contribution in [0.5, 0.6) is 17.5 Å². The van der Waals surface area contributed by atoms with Crippen LogP contribution < -0.4 is 9.47 Å². The van der Waals surface area contributed by atoms with Crippen LogP contribution in [-0.4, -0.2) is 26.1 Å². The molecule has 2 aromatic heterocycles. The molecule has 0 unspecified atom stereocenters. The van der Waals surface area contributed by atoms with Gasteiger partial charge in [-0.25, -0.2) is 9.67 Å². The van der Waals surface area contributed by atoms with Crippen LogP contribution in [0.4, 0.5) is 26.3 Å². The number of nitrogens with zero attached hydrogens (tertiary/aromatic N) is 4. The van der Waals surface area contributed by atoms with Gasteiger partial charge < -0.3 is 9.47 Å². The van der Waals surface area contributed by atoms with Crippen molar-refractivity contribution in [2.75, 3.05) is 0 Å². The predicted molar refractivity (Wildman–Crippen MR) is 87.2 cm³/mol. The van der Waals surface area contributed by atoms with E-state index in [4.69, 9.17) is 4.74 Å². The second-order valence-corrected chi connectivity index (χ2v) is 5.85. The Bertz CT molecular complexity index is 1010. The number of halogens is 6. The zero-order chi connectivity index (χ0) is 21.4. The lowest BCUT2D eigenvalue weighted by Gasteiger charge is -2.10. The van der Waals surface area contributed by atoms with Crippen LogP contribution >= 0.6 is 0 Å². The maximum atomic E-state index is 12.8. The molecule has 3 rings (SSSR count). The average molecular weight is 418 g/mol. The minimum atomic E-state index is -4.82. The summed E-state index contributed by atoms with van der Waals surface area (Å²) >= 11 is 0. The number of rotatable bonds is 4. The first kappa shape index (κ1) is 20.4. The van der Waals surface area contributed by atoms with Gasteiger partial charge in [0.15, 0.2) is 11.5 Å². The molecule has 0 saturated carbocycles. The van der Waals surface area contributed by atoms with Crippen molar-refractivity contribution in [2.24, 2.45) is 7.05 Å². The van der Waals surface area contributed by atoms with Gasteiger partial charge in [0.2, 0.25) is 11.8 Å². The van der Waals surface area contributed by atoms with Crippen molar-refractivity contribution in [2.45, 2.75) is 19.5 Å². The molecule has 0 aliphatic carbocycles. The molecule has 0 aliphatic rings. The van der Waals surface area contributed by atoms with Crippen molar-refractivity contribution < 1.29 is 35.8 Å². The summed E-state index contributed by atoms with van der Waals surface area (Å²) in [5, 5.41) is 3.34. The van der Waals surface area contributed by atoms with Crippen molar-refractivity contribution in [3.05, 3.63) is 47.8 Å². The maximum Gasteiger partial charge on any atom is 0.573 e. The summed E-state index contributed by atoms with van der Waals surface area (Å²) in [5.41, 5.74) is -0.340. The third-order valence-electron chi connectivity index (χ3n) is 3.60. The molecular formula is C17H12F6N4O2. The van der Waals surface area contributed by atoms with Gasteiger partial charge in [-0.15, -0.1) is 13.2 Å². The van der Waals surface area contributed by atoms with Crippen molar-refractivity contribution in [3.63, 3.8) is 0 Å². The molecule has 0 fully saturated rings. The minimum absolute atomic E-state index is 0.0256.